The molecule has 2 rings (SSSR count). The number of carbonyl (C=O) groups excluding carboxylic acids is 3. The van der Waals surface area contributed by atoms with Gasteiger partial charge in [0.15, 0.2) is 5.96 Å². The number of nitrogens with two attached hydrogens (primary N) is 3. The molecule has 0 aromatic carbocycles. The fraction of sp³-hybridized carbons (Fsp3) is 0.500. The van der Waals surface area contributed by atoms with Crippen molar-refractivity contribution in [2.75, 3.05) is 6.54 Å². The SMILES string of the molecule is CC(O)C(N)C(=O)NC(CCCN=C(N)N)C(=O)NC(Cc1cnc[nH]1)C(=O)NC(Cc1cnc[nH]1)C(=O)O. The van der Waals surface area contributed by atoms with Gasteiger partial charge in [0.2, 0.25) is 17.7 Å². The van der Waals surface area contributed by atoms with E-state index in [9.17, 15) is 29.4 Å². The van der Waals surface area contributed by atoms with Gasteiger partial charge in [-0.15, -0.1) is 0 Å². The minimum atomic E-state index is -1.32. The van der Waals surface area contributed by atoms with E-state index in [1.54, 1.807) is 0 Å². The minimum absolute atomic E-state index is 0.0597. The monoisotopic (exact) mass is 549 g/mol. The fourth-order valence-electron chi connectivity index (χ4n) is 3.45. The number of aromatic amines is 2. The summed E-state index contributed by atoms with van der Waals surface area (Å²) < 4.78 is 0. The van der Waals surface area contributed by atoms with Gasteiger partial charge < -0.3 is 53.3 Å². The van der Waals surface area contributed by atoms with Crippen molar-refractivity contribution in [1.29, 1.82) is 0 Å². The van der Waals surface area contributed by atoms with Crippen LogP contribution in [0.4, 0.5) is 0 Å². The van der Waals surface area contributed by atoms with E-state index in [0.717, 1.165) is 0 Å². The molecule has 2 aromatic rings. The third-order valence-corrected chi connectivity index (χ3v) is 5.61. The molecule has 5 atom stereocenters. The molecule has 0 radical (unpaired) electrons. The first-order chi connectivity index (χ1) is 18.5. The Hall–Kier alpha value is -4.51. The van der Waals surface area contributed by atoms with Crippen molar-refractivity contribution in [1.82, 2.24) is 35.9 Å². The summed E-state index contributed by atoms with van der Waals surface area (Å²) in [5, 5.41) is 26.7. The van der Waals surface area contributed by atoms with Crippen LogP contribution in [-0.4, -0.2) is 96.6 Å². The number of aromatic nitrogens is 4. The van der Waals surface area contributed by atoms with Gasteiger partial charge >= 0.3 is 5.97 Å². The number of amides is 3. The molecule has 3 amide bonds. The molecule has 13 N–H and O–H groups in total. The molecule has 214 valence electrons. The Labute approximate surface area is 223 Å². The summed E-state index contributed by atoms with van der Waals surface area (Å²) in [6.07, 6.45) is 4.66. The first kappa shape index (κ1) is 30.7. The van der Waals surface area contributed by atoms with Gasteiger partial charge in [-0.2, -0.15) is 0 Å². The number of aliphatic imine (C=N–C) groups is 1. The van der Waals surface area contributed by atoms with Crippen LogP contribution in [0.15, 0.2) is 30.0 Å². The van der Waals surface area contributed by atoms with Gasteiger partial charge in [0.05, 0.1) is 18.8 Å². The predicted molar refractivity (Wildman–Crippen MR) is 138 cm³/mol. The van der Waals surface area contributed by atoms with E-state index in [2.05, 4.69) is 40.9 Å². The van der Waals surface area contributed by atoms with E-state index in [-0.39, 0.29) is 38.2 Å². The standard InChI is InChI=1S/C22H35N11O6/c1-11(34)17(23)20(37)31-14(3-2-4-28-22(24)25)18(35)32-15(5-12-7-26-9-29-12)19(36)33-16(21(38)39)6-13-8-27-10-30-13/h7-11,14-17,34H,2-6,23H2,1H3,(H,26,29)(H,27,30)(H,31,37)(H,32,35)(H,33,36)(H,38,39)(H4,24,25,28). The maximum atomic E-state index is 13.3. The van der Waals surface area contributed by atoms with Gasteiger partial charge in [0, 0.05) is 43.2 Å². The summed E-state index contributed by atoms with van der Waals surface area (Å²) in [5.74, 6) is -3.74. The first-order valence-electron chi connectivity index (χ1n) is 12.0. The number of imidazole rings is 2. The van der Waals surface area contributed by atoms with Crippen LogP contribution in [0, 0.1) is 0 Å². The number of H-pyrrole nitrogens is 2. The second kappa shape index (κ2) is 15.0. The van der Waals surface area contributed by atoms with E-state index >= 15 is 0 Å². The molecule has 0 spiro atoms. The van der Waals surface area contributed by atoms with Gasteiger partial charge in [0.1, 0.15) is 24.2 Å². The molecule has 0 aliphatic heterocycles. The highest BCUT2D eigenvalue weighted by molar-refractivity contribution is 5.94. The summed E-state index contributed by atoms with van der Waals surface area (Å²) in [6.45, 7) is 1.49. The average molecular weight is 550 g/mol. The number of nitrogens with one attached hydrogen (secondary N) is 5. The topological polar surface area (TPSA) is 293 Å². The van der Waals surface area contributed by atoms with Gasteiger partial charge in [-0.3, -0.25) is 19.4 Å². The zero-order chi connectivity index (χ0) is 28.9. The molecule has 0 fully saturated rings. The Balaban J connectivity index is 2.21. The highest BCUT2D eigenvalue weighted by atomic mass is 16.4. The highest BCUT2D eigenvalue weighted by Gasteiger charge is 2.31. The summed E-state index contributed by atoms with van der Waals surface area (Å²) >= 11 is 0. The number of guanidine groups is 1. The quantitative estimate of drug-likeness (QED) is 0.0550. The van der Waals surface area contributed by atoms with Crippen LogP contribution in [0.2, 0.25) is 0 Å². The molecule has 2 aromatic heterocycles. The van der Waals surface area contributed by atoms with Crippen LogP contribution in [0.1, 0.15) is 31.2 Å². The zero-order valence-corrected chi connectivity index (χ0v) is 21.3. The van der Waals surface area contributed by atoms with E-state index in [1.807, 2.05) is 0 Å². The number of carbonyl (C=O) groups is 4. The largest absolute Gasteiger partial charge is 0.480 e. The zero-order valence-electron chi connectivity index (χ0n) is 21.3. The van der Waals surface area contributed by atoms with Crippen LogP contribution in [0.5, 0.6) is 0 Å². The van der Waals surface area contributed by atoms with Gasteiger partial charge in [0.25, 0.3) is 0 Å². The third kappa shape index (κ3) is 10.4. The lowest BCUT2D eigenvalue weighted by atomic mass is 10.1. The normalized spacial score (nSPS) is 14.7. The second-order valence-electron chi connectivity index (χ2n) is 8.80. The summed E-state index contributed by atoms with van der Waals surface area (Å²) in [4.78, 5) is 67.9. The summed E-state index contributed by atoms with van der Waals surface area (Å²) in [6, 6.07) is -5.04. The van der Waals surface area contributed by atoms with Gasteiger partial charge in [-0.25, -0.2) is 14.8 Å². The van der Waals surface area contributed by atoms with E-state index < -0.39 is 54.0 Å². The van der Waals surface area contributed by atoms with Crippen LogP contribution in [0.25, 0.3) is 0 Å². The number of hydrogen-bond donors (Lipinski definition) is 10. The van der Waals surface area contributed by atoms with Crippen LogP contribution >= 0.6 is 0 Å². The summed E-state index contributed by atoms with van der Waals surface area (Å²) in [5.41, 5.74) is 17.3. The van der Waals surface area contributed by atoms with Crippen LogP contribution < -0.4 is 33.2 Å². The highest BCUT2D eigenvalue weighted by Crippen LogP contribution is 2.06. The van der Waals surface area contributed by atoms with E-state index in [0.29, 0.717) is 11.4 Å². The molecule has 17 nitrogen and oxygen atoms in total. The maximum Gasteiger partial charge on any atom is 0.326 e. The molecule has 0 aliphatic rings. The number of aliphatic hydroxyl groups excluding tert-OH is 1. The van der Waals surface area contributed by atoms with Crippen molar-refractivity contribution in [3.63, 3.8) is 0 Å². The lowest BCUT2D eigenvalue weighted by molar-refractivity contribution is -0.142. The number of rotatable bonds is 16. The Morgan fingerprint density at radius 2 is 1.44 bits per heavy atom. The van der Waals surface area contributed by atoms with Gasteiger partial charge in [-0.05, 0) is 19.8 Å². The lowest BCUT2D eigenvalue weighted by Gasteiger charge is -2.25. The molecule has 0 bridgehead atoms. The number of aliphatic hydroxyl groups is 1. The third-order valence-electron chi connectivity index (χ3n) is 5.61. The Morgan fingerprint density at radius 1 is 0.923 bits per heavy atom. The van der Waals surface area contributed by atoms with E-state index in [1.165, 1.54) is 32.0 Å². The Morgan fingerprint density at radius 3 is 1.92 bits per heavy atom. The minimum Gasteiger partial charge on any atom is -0.480 e. The number of nitrogens with zero attached hydrogens (tertiary/aromatic N) is 3. The molecule has 39 heavy (non-hydrogen) atoms. The summed E-state index contributed by atoms with van der Waals surface area (Å²) in [7, 11) is 0. The van der Waals surface area contributed by atoms with Crippen molar-refractivity contribution >= 4 is 29.7 Å². The van der Waals surface area contributed by atoms with Crippen molar-refractivity contribution in [2.24, 2.45) is 22.2 Å². The van der Waals surface area contributed by atoms with E-state index in [4.69, 9.17) is 17.2 Å². The van der Waals surface area contributed by atoms with Crippen molar-refractivity contribution in [3.8, 4) is 0 Å². The molecule has 17 heteroatoms. The number of carboxylic acids is 1. The molecular weight excluding hydrogens is 514 g/mol. The molecule has 0 saturated heterocycles. The molecule has 0 aliphatic carbocycles. The average Bonchev–Trinajstić information content (AvgIpc) is 3.58. The lowest BCUT2D eigenvalue weighted by Crippen LogP contribution is -2.58. The maximum absolute atomic E-state index is 13.3. The van der Waals surface area contributed by atoms with Crippen LogP contribution in [0.3, 0.4) is 0 Å². The number of aliphatic carboxylic acids is 1. The number of hydrogen-bond acceptors (Lipinski definition) is 9. The van der Waals surface area contributed by atoms with Crippen molar-refractivity contribution in [2.45, 2.75) is 62.9 Å². The predicted octanol–water partition coefficient (Wildman–Crippen LogP) is -3.78. The van der Waals surface area contributed by atoms with Gasteiger partial charge in [-0.1, -0.05) is 0 Å². The smallest absolute Gasteiger partial charge is 0.326 e. The first-order valence-corrected chi connectivity index (χ1v) is 12.0. The van der Waals surface area contributed by atoms with Crippen LogP contribution in [-0.2, 0) is 32.0 Å². The second-order valence-corrected chi connectivity index (χ2v) is 8.80. The molecule has 0 saturated carbocycles. The van der Waals surface area contributed by atoms with Crippen molar-refractivity contribution in [3.05, 3.63) is 36.4 Å². The fourth-order valence-corrected chi connectivity index (χ4v) is 3.45. The molecule has 2 heterocycles. The van der Waals surface area contributed by atoms with Crippen molar-refractivity contribution < 1.29 is 29.4 Å². The molecular formula is C22H35N11O6. The molecule has 5 unspecified atom stereocenters. The Bertz CT molecular complexity index is 1100. The number of carboxylic acid groups (broad SMARTS) is 1. The Kier molecular flexibility index (Phi) is 11.8.